The quantitative estimate of drug-likeness (QED) is 0.761. The predicted molar refractivity (Wildman–Crippen MR) is 95.2 cm³/mol. The van der Waals surface area contributed by atoms with Gasteiger partial charge in [0.2, 0.25) is 11.8 Å². The second-order valence-corrected chi connectivity index (χ2v) is 9.26. The molecule has 2 fully saturated rings. The van der Waals surface area contributed by atoms with Crippen molar-refractivity contribution in [2.45, 2.75) is 41.9 Å². The molecule has 1 aromatic carbocycles. The molecule has 27 heavy (non-hydrogen) atoms. The average molecular weight is 398 g/mol. The minimum atomic E-state index is -3.67. The van der Waals surface area contributed by atoms with Gasteiger partial charge in [-0.25, -0.2) is 12.8 Å². The van der Waals surface area contributed by atoms with Crippen LogP contribution in [0.15, 0.2) is 29.2 Å². The zero-order valence-corrected chi connectivity index (χ0v) is 15.9. The summed E-state index contributed by atoms with van der Waals surface area (Å²) in [5, 5.41) is 2.01. The molecule has 3 rings (SSSR count). The number of rotatable bonds is 4. The van der Waals surface area contributed by atoms with E-state index in [1.165, 1.54) is 24.0 Å². The third-order valence-corrected chi connectivity index (χ3v) is 7.38. The summed E-state index contributed by atoms with van der Waals surface area (Å²) >= 11 is 0. The Morgan fingerprint density at radius 2 is 1.85 bits per heavy atom. The molecule has 0 radical (unpaired) electrons. The lowest BCUT2D eigenvalue weighted by molar-refractivity contribution is -0.144. The molecule has 2 aliphatic heterocycles. The molecular weight excluding hydrogens is 375 g/mol. The number of hydrogen-bond acceptors (Lipinski definition) is 5. The molecule has 2 heterocycles. The fourth-order valence-corrected chi connectivity index (χ4v) is 5.43. The number of nitrogens with one attached hydrogen (secondary N) is 1. The van der Waals surface area contributed by atoms with Crippen molar-refractivity contribution in [2.24, 2.45) is 0 Å². The van der Waals surface area contributed by atoms with Crippen molar-refractivity contribution in [1.29, 1.82) is 0 Å². The van der Waals surface area contributed by atoms with Gasteiger partial charge in [-0.05, 0) is 30.7 Å². The number of likely N-dealkylation sites (tertiary alicyclic amines) is 1. The minimum absolute atomic E-state index is 0.0471. The van der Waals surface area contributed by atoms with Gasteiger partial charge in [-0.1, -0.05) is 0 Å². The largest absolute Gasteiger partial charge is 0.381 e. The van der Waals surface area contributed by atoms with Crippen LogP contribution in [0.5, 0.6) is 0 Å². The summed E-state index contributed by atoms with van der Waals surface area (Å²) in [6, 6.07) is 4.70. The van der Waals surface area contributed by atoms with Gasteiger partial charge in [0.05, 0.1) is 10.1 Å². The van der Waals surface area contributed by atoms with Crippen molar-refractivity contribution in [3.8, 4) is 0 Å². The number of amides is 2. The number of sulfone groups is 1. The Morgan fingerprint density at radius 1 is 1.22 bits per heavy atom. The van der Waals surface area contributed by atoms with E-state index in [1.807, 2.05) is 0 Å². The molecule has 1 aromatic rings. The van der Waals surface area contributed by atoms with Crippen LogP contribution in [0.4, 0.5) is 4.39 Å². The van der Waals surface area contributed by atoms with Crippen LogP contribution in [0.3, 0.4) is 0 Å². The predicted octanol–water partition coefficient (Wildman–Crippen LogP) is 0.886. The maximum atomic E-state index is 13.1. The molecular formula is C18H23FN2O5S. The number of ether oxygens (including phenoxy) is 1. The topological polar surface area (TPSA) is 92.8 Å². The summed E-state index contributed by atoms with van der Waals surface area (Å²) in [4.78, 5) is 26.3. The third kappa shape index (κ3) is 3.98. The number of carbonyl (C=O) groups excluding carboxylic acids is 2. The Kier molecular flexibility index (Phi) is 5.53. The molecule has 2 saturated heterocycles. The molecule has 7 nitrogen and oxygen atoms in total. The van der Waals surface area contributed by atoms with Gasteiger partial charge in [-0.15, -0.1) is 0 Å². The fraction of sp³-hybridized carbons (Fsp3) is 0.556. The van der Waals surface area contributed by atoms with E-state index >= 15 is 0 Å². The Morgan fingerprint density at radius 3 is 2.44 bits per heavy atom. The molecule has 1 unspecified atom stereocenters. The number of nitrogens with zero attached hydrogens (tertiary/aromatic N) is 1. The van der Waals surface area contributed by atoms with Gasteiger partial charge >= 0.3 is 0 Å². The smallest absolute Gasteiger partial charge is 0.248 e. The molecule has 0 bridgehead atoms. The van der Waals surface area contributed by atoms with Crippen LogP contribution in [0, 0.1) is 5.82 Å². The van der Waals surface area contributed by atoms with Crippen molar-refractivity contribution in [3.05, 3.63) is 30.1 Å². The van der Waals surface area contributed by atoms with Crippen LogP contribution < -0.4 is 5.32 Å². The molecule has 2 amide bonds. The Balaban J connectivity index is 1.77. The van der Waals surface area contributed by atoms with Gasteiger partial charge in [0.1, 0.15) is 11.4 Å². The van der Waals surface area contributed by atoms with Crippen molar-refractivity contribution >= 4 is 21.7 Å². The van der Waals surface area contributed by atoms with Crippen LogP contribution in [-0.2, 0) is 24.2 Å². The van der Waals surface area contributed by atoms with Gasteiger partial charge in [0, 0.05) is 46.1 Å². The van der Waals surface area contributed by atoms with Crippen molar-refractivity contribution in [2.75, 3.05) is 26.3 Å². The number of hydrogen-bond donors (Lipinski definition) is 1. The van der Waals surface area contributed by atoms with Crippen LogP contribution in [-0.4, -0.2) is 62.2 Å². The summed E-state index contributed by atoms with van der Waals surface area (Å²) in [7, 11) is -3.67. The molecule has 0 aromatic heterocycles. The lowest BCUT2D eigenvalue weighted by atomic mass is 9.88. The van der Waals surface area contributed by atoms with Crippen molar-refractivity contribution in [1.82, 2.24) is 10.2 Å². The summed E-state index contributed by atoms with van der Waals surface area (Å²) in [5.74, 6) is -1.08. The lowest BCUT2D eigenvalue weighted by Crippen LogP contribution is -2.61. The van der Waals surface area contributed by atoms with Gasteiger partial charge in [0.25, 0.3) is 0 Å². The fourth-order valence-electron chi connectivity index (χ4n) is 3.73. The lowest BCUT2D eigenvalue weighted by Gasteiger charge is -2.39. The minimum Gasteiger partial charge on any atom is -0.381 e. The highest BCUT2D eigenvalue weighted by atomic mass is 32.2. The Labute approximate surface area is 157 Å². The number of benzene rings is 1. The number of halogens is 1. The summed E-state index contributed by atoms with van der Waals surface area (Å²) in [6.45, 7) is 2.43. The third-order valence-electron chi connectivity index (χ3n) is 5.18. The highest BCUT2D eigenvalue weighted by Gasteiger charge is 2.46. The first-order valence-electron chi connectivity index (χ1n) is 8.90. The van der Waals surface area contributed by atoms with E-state index in [1.54, 1.807) is 0 Å². The molecule has 148 valence electrons. The van der Waals surface area contributed by atoms with Crippen LogP contribution in [0.2, 0.25) is 0 Å². The second-order valence-electron chi connectivity index (χ2n) is 7.04. The zero-order chi connectivity index (χ0) is 19.7. The molecule has 9 heteroatoms. The van der Waals surface area contributed by atoms with E-state index in [4.69, 9.17) is 4.74 Å². The van der Waals surface area contributed by atoms with Gasteiger partial charge in [0.15, 0.2) is 9.84 Å². The van der Waals surface area contributed by atoms with E-state index in [2.05, 4.69) is 5.32 Å². The zero-order valence-electron chi connectivity index (χ0n) is 15.1. The summed E-state index contributed by atoms with van der Waals surface area (Å²) < 4.78 is 44.0. The van der Waals surface area contributed by atoms with Crippen LogP contribution >= 0.6 is 0 Å². The molecule has 1 N–H and O–H groups in total. The number of carbonyl (C=O) groups is 2. The summed E-state index contributed by atoms with van der Waals surface area (Å²) in [5.41, 5.74) is -1.04. The van der Waals surface area contributed by atoms with E-state index in [0.29, 0.717) is 39.0 Å². The molecule has 0 saturated carbocycles. The first kappa shape index (κ1) is 19.8. The van der Waals surface area contributed by atoms with Gasteiger partial charge < -0.3 is 15.0 Å². The van der Waals surface area contributed by atoms with E-state index in [0.717, 1.165) is 12.1 Å². The van der Waals surface area contributed by atoms with Crippen LogP contribution in [0.1, 0.15) is 26.2 Å². The maximum Gasteiger partial charge on any atom is 0.248 e. The van der Waals surface area contributed by atoms with Crippen molar-refractivity contribution in [3.63, 3.8) is 0 Å². The first-order chi connectivity index (χ1) is 12.7. The first-order valence-corrected chi connectivity index (χ1v) is 10.4. The van der Waals surface area contributed by atoms with Gasteiger partial charge in [-0.3, -0.25) is 9.59 Å². The maximum absolute atomic E-state index is 13.1. The Hall–Kier alpha value is -2.00. The highest BCUT2D eigenvalue weighted by molar-refractivity contribution is 7.92. The normalized spacial score (nSPS) is 22.4. The van der Waals surface area contributed by atoms with Crippen LogP contribution in [0.25, 0.3) is 0 Å². The highest BCUT2D eigenvalue weighted by Crippen LogP contribution is 2.29. The SMILES string of the molecule is CC(=O)NC1(C(=O)N2CCC(S(=O)(=O)c3ccc(F)cc3)C2)CCOCC1. The molecule has 0 spiro atoms. The van der Waals surface area contributed by atoms with Crippen molar-refractivity contribution < 1.29 is 27.1 Å². The average Bonchev–Trinajstić information content (AvgIpc) is 3.12. The molecule has 0 aliphatic carbocycles. The second kappa shape index (κ2) is 7.55. The Bertz CT molecular complexity index is 819. The molecule has 2 aliphatic rings. The van der Waals surface area contributed by atoms with E-state index in [-0.39, 0.29) is 23.3 Å². The summed E-state index contributed by atoms with van der Waals surface area (Å²) in [6.07, 6.45) is 1.02. The van der Waals surface area contributed by atoms with Gasteiger partial charge in [-0.2, -0.15) is 0 Å². The molecule has 1 atom stereocenters. The monoisotopic (exact) mass is 398 g/mol. The van der Waals surface area contributed by atoms with E-state index < -0.39 is 26.4 Å². The van der Waals surface area contributed by atoms with E-state index in [9.17, 15) is 22.4 Å². The standard InChI is InChI=1S/C18H23FN2O5S/c1-13(22)20-18(7-10-26-11-8-18)17(23)21-9-6-16(12-21)27(24,25)15-4-2-14(19)3-5-15/h2-5,16H,6-12H2,1H3,(H,20,22).